The molecule has 9 heteroatoms. The smallest absolute Gasteiger partial charge is 0.387 e. The molecule has 0 aromatic carbocycles. The molecule has 0 aliphatic carbocycles. The predicted octanol–water partition coefficient (Wildman–Crippen LogP) is 23.6. The average molecular weight is 1190 g/mol. The topological polar surface area (TPSA) is 105 Å². The van der Waals surface area contributed by atoms with Gasteiger partial charge in [0, 0.05) is 6.42 Å². The van der Waals surface area contributed by atoms with Crippen molar-refractivity contribution in [2.45, 2.75) is 392 Å². The highest BCUT2D eigenvalue weighted by Gasteiger charge is 2.28. The minimum absolute atomic E-state index is 0.0555. The fourth-order valence-corrected chi connectivity index (χ4v) is 12.1. The van der Waals surface area contributed by atoms with Crippen molar-refractivity contribution in [3.8, 4) is 0 Å². The maximum absolute atomic E-state index is 13.1. The van der Waals surface area contributed by atoms with Gasteiger partial charge in [0.1, 0.15) is 13.2 Å². The molecule has 0 aliphatic rings. The van der Waals surface area contributed by atoms with Crippen LogP contribution in [0.25, 0.3) is 0 Å². The molecule has 0 bridgehead atoms. The number of rotatable bonds is 69. The number of nitrogens with zero attached hydrogens (tertiary/aromatic N) is 1. The largest absolute Gasteiger partial charge is 0.472 e. The van der Waals surface area contributed by atoms with E-state index in [2.05, 4.69) is 43.5 Å². The van der Waals surface area contributed by atoms with Crippen molar-refractivity contribution >= 4 is 13.7 Å². The molecular formula is C74H146N2O6P+. The van der Waals surface area contributed by atoms with Crippen molar-refractivity contribution in [2.75, 3.05) is 40.9 Å². The lowest BCUT2D eigenvalue weighted by Gasteiger charge is -2.25. The summed E-state index contributed by atoms with van der Waals surface area (Å²) in [6.07, 6.45) is 87.5. The molecule has 0 aliphatic heterocycles. The number of aliphatic hydroxyl groups is 1. The lowest BCUT2D eigenvalue weighted by Crippen LogP contribution is -2.45. The summed E-state index contributed by atoms with van der Waals surface area (Å²) in [5.41, 5.74) is 0. The summed E-state index contributed by atoms with van der Waals surface area (Å²) in [6.45, 7) is 4.85. The molecule has 3 N–H and O–H groups in total. The highest BCUT2D eigenvalue weighted by Crippen LogP contribution is 2.43. The first-order valence-electron chi connectivity index (χ1n) is 36.9. The molecule has 0 aromatic heterocycles. The van der Waals surface area contributed by atoms with Crippen LogP contribution in [0.3, 0.4) is 0 Å². The standard InChI is InChI=1S/C74H145N2O6P/c1-6-8-10-12-14-16-18-20-22-24-26-28-30-32-34-36-37-38-40-41-43-45-47-49-51-53-55-57-59-61-63-65-67-73(77)72(71-82-83(79,80)81-70-69-76(3,4)5)75-74(78)68-66-64-62-60-58-56-54-52-50-48-46-44-42-39-35-33-31-29-27-25-23-21-19-17-15-13-11-9-7-2/h49,51,57,59,65,67,72-73,77H,6-48,50,52-56,58,60-64,66,68-71H2,1-5H3,(H-,75,78,79,80)/p+1/b51-49+,59-57+,67-65+. The van der Waals surface area contributed by atoms with Crippen LogP contribution >= 0.6 is 7.82 Å². The van der Waals surface area contributed by atoms with Crippen molar-refractivity contribution in [3.05, 3.63) is 36.5 Å². The number of phosphoric acid groups is 1. The molecule has 0 spiro atoms. The first-order chi connectivity index (χ1) is 40.5. The molecule has 492 valence electrons. The summed E-state index contributed by atoms with van der Waals surface area (Å²) in [5, 5.41) is 14.0. The van der Waals surface area contributed by atoms with Crippen LogP contribution in [0.2, 0.25) is 0 Å². The lowest BCUT2D eigenvalue weighted by atomic mass is 10.0. The van der Waals surface area contributed by atoms with Crippen LogP contribution in [0, 0.1) is 0 Å². The molecule has 0 radical (unpaired) electrons. The van der Waals surface area contributed by atoms with E-state index in [4.69, 9.17) is 9.05 Å². The van der Waals surface area contributed by atoms with Gasteiger partial charge in [0.15, 0.2) is 0 Å². The molecule has 0 aromatic rings. The Morgan fingerprint density at radius 1 is 0.398 bits per heavy atom. The van der Waals surface area contributed by atoms with Gasteiger partial charge in [-0.3, -0.25) is 13.8 Å². The molecule has 0 fully saturated rings. The Bertz CT molecular complexity index is 1450. The molecule has 0 saturated carbocycles. The van der Waals surface area contributed by atoms with Crippen LogP contribution in [-0.4, -0.2) is 73.4 Å². The molecule has 0 rings (SSSR count). The third-order valence-corrected chi connectivity index (χ3v) is 18.1. The highest BCUT2D eigenvalue weighted by molar-refractivity contribution is 7.47. The molecule has 3 atom stereocenters. The van der Waals surface area contributed by atoms with E-state index >= 15 is 0 Å². The van der Waals surface area contributed by atoms with E-state index in [0.29, 0.717) is 17.4 Å². The zero-order valence-corrected chi connectivity index (χ0v) is 57.4. The van der Waals surface area contributed by atoms with Crippen molar-refractivity contribution in [2.24, 2.45) is 0 Å². The van der Waals surface area contributed by atoms with Gasteiger partial charge in [-0.15, -0.1) is 0 Å². The van der Waals surface area contributed by atoms with E-state index in [0.717, 1.165) is 44.9 Å². The maximum Gasteiger partial charge on any atom is 0.472 e. The normalized spacial score (nSPS) is 13.8. The Kier molecular flexibility index (Phi) is 64.2. The van der Waals surface area contributed by atoms with Crippen molar-refractivity contribution in [1.82, 2.24) is 5.32 Å². The molecular weight excluding hydrogens is 1040 g/mol. The number of likely N-dealkylation sites (N-methyl/N-ethyl adjacent to an activating group) is 1. The zero-order valence-electron chi connectivity index (χ0n) is 56.5. The fraction of sp³-hybridized carbons (Fsp3) is 0.905. The number of hydrogen-bond donors (Lipinski definition) is 3. The average Bonchev–Trinajstić information content (AvgIpc) is 3.49. The van der Waals surface area contributed by atoms with E-state index < -0.39 is 20.0 Å². The van der Waals surface area contributed by atoms with Gasteiger partial charge in [0.2, 0.25) is 5.91 Å². The number of carbonyl (C=O) groups is 1. The van der Waals surface area contributed by atoms with Gasteiger partial charge in [-0.2, -0.15) is 0 Å². The van der Waals surface area contributed by atoms with E-state index in [9.17, 15) is 19.4 Å². The summed E-state index contributed by atoms with van der Waals surface area (Å²) in [4.78, 5) is 23.4. The number of quaternary nitrogens is 1. The summed E-state index contributed by atoms with van der Waals surface area (Å²) in [7, 11) is 1.56. The quantitative estimate of drug-likeness (QED) is 0.0243. The van der Waals surface area contributed by atoms with E-state index in [1.165, 1.54) is 315 Å². The van der Waals surface area contributed by atoms with Gasteiger partial charge in [-0.25, -0.2) is 4.57 Å². The van der Waals surface area contributed by atoms with E-state index in [1.54, 1.807) is 6.08 Å². The van der Waals surface area contributed by atoms with Crippen LogP contribution in [0.1, 0.15) is 380 Å². The third kappa shape index (κ3) is 68.1. The van der Waals surface area contributed by atoms with Crippen molar-refractivity contribution in [1.29, 1.82) is 0 Å². The number of unbranched alkanes of at least 4 members (excludes halogenated alkanes) is 52. The Hall–Kier alpha value is -1.28. The van der Waals surface area contributed by atoms with Crippen molar-refractivity contribution < 1.29 is 32.9 Å². The number of carbonyl (C=O) groups excluding carboxylic acids is 1. The lowest BCUT2D eigenvalue weighted by molar-refractivity contribution is -0.870. The molecule has 0 heterocycles. The molecule has 3 unspecified atom stereocenters. The highest BCUT2D eigenvalue weighted by atomic mass is 31.2. The van der Waals surface area contributed by atoms with Crippen LogP contribution < -0.4 is 5.32 Å². The predicted molar refractivity (Wildman–Crippen MR) is 365 cm³/mol. The Morgan fingerprint density at radius 2 is 0.663 bits per heavy atom. The van der Waals surface area contributed by atoms with Gasteiger partial charge in [0.05, 0.1) is 39.9 Å². The number of amides is 1. The number of hydrogen-bond acceptors (Lipinski definition) is 5. The molecule has 1 amide bonds. The minimum atomic E-state index is -4.37. The van der Waals surface area contributed by atoms with E-state index in [1.807, 2.05) is 27.2 Å². The SMILES string of the molecule is CCCCCCCCCCCCCCCCCCCCCCCC/C=C/CC/C=C/CC/C=C/C(O)C(COP(=O)(O)OCC[N+](C)(C)C)NC(=O)CCCCCCCCCCCCCCCCCCCCCCCCCCCCCCC. The molecule has 8 nitrogen and oxygen atoms in total. The minimum Gasteiger partial charge on any atom is -0.387 e. The molecule has 83 heavy (non-hydrogen) atoms. The second-order valence-corrected chi connectivity index (χ2v) is 28.1. The van der Waals surface area contributed by atoms with E-state index in [-0.39, 0.29) is 19.1 Å². The zero-order chi connectivity index (χ0) is 60.5. The Morgan fingerprint density at radius 3 is 0.964 bits per heavy atom. The summed E-state index contributed by atoms with van der Waals surface area (Å²) < 4.78 is 23.8. The van der Waals surface area contributed by atoms with Gasteiger partial charge < -0.3 is 19.8 Å². The van der Waals surface area contributed by atoms with Gasteiger partial charge in [-0.05, 0) is 44.9 Å². The molecule has 0 saturated heterocycles. The summed E-state index contributed by atoms with van der Waals surface area (Å²) in [6, 6.07) is -0.870. The second-order valence-electron chi connectivity index (χ2n) is 26.7. The second kappa shape index (κ2) is 65.2. The summed E-state index contributed by atoms with van der Waals surface area (Å²) >= 11 is 0. The third-order valence-electron chi connectivity index (χ3n) is 17.1. The monoisotopic (exact) mass is 1190 g/mol. The van der Waals surface area contributed by atoms with Crippen molar-refractivity contribution in [3.63, 3.8) is 0 Å². The number of allylic oxidation sites excluding steroid dienone is 5. The van der Waals surface area contributed by atoms with Gasteiger partial charge in [-0.1, -0.05) is 365 Å². The number of phosphoric ester groups is 1. The van der Waals surface area contributed by atoms with Crippen LogP contribution in [-0.2, 0) is 18.4 Å². The fourth-order valence-electron chi connectivity index (χ4n) is 11.4. The maximum atomic E-state index is 13.1. The van der Waals surface area contributed by atoms with Gasteiger partial charge in [0.25, 0.3) is 0 Å². The Labute approximate surface area is 518 Å². The van der Waals surface area contributed by atoms with Gasteiger partial charge >= 0.3 is 7.82 Å². The Balaban J connectivity index is 4.07. The van der Waals surface area contributed by atoms with Crippen LogP contribution in [0.4, 0.5) is 0 Å². The van der Waals surface area contributed by atoms with Crippen LogP contribution in [0.15, 0.2) is 36.5 Å². The first-order valence-corrected chi connectivity index (χ1v) is 38.4. The van der Waals surface area contributed by atoms with Crippen LogP contribution in [0.5, 0.6) is 0 Å². The first kappa shape index (κ1) is 81.7. The number of aliphatic hydroxyl groups excluding tert-OH is 1. The summed E-state index contributed by atoms with van der Waals surface area (Å²) in [5.74, 6) is -0.183. The number of nitrogens with one attached hydrogen (secondary N) is 1.